The van der Waals surface area contributed by atoms with Gasteiger partial charge in [-0.25, -0.2) is 18.5 Å². The number of sulfonamides is 1. The number of hydrogen-bond acceptors (Lipinski definition) is 5. The maximum atomic E-state index is 11.4. The molecule has 0 radical (unpaired) electrons. The fraction of sp³-hybridized carbons (Fsp3) is 0.526. The molecule has 0 saturated heterocycles. The van der Waals surface area contributed by atoms with Crippen LogP contribution in [0.5, 0.6) is 0 Å². The molecule has 4 N–H and O–H groups in total. The van der Waals surface area contributed by atoms with E-state index in [-0.39, 0.29) is 28.9 Å². The zero-order chi connectivity index (χ0) is 20.7. The van der Waals surface area contributed by atoms with Gasteiger partial charge in [-0.15, -0.1) is 34.2 Å². The van der Waals surface area contributed by atoms with Crippen LogP contribution in [0.2, 0.25) is 0 Å². The topological polar surface area (TPSA) is 127 Å². The minimum atomic E-state index is -3.68. The fourth-order valence-electron chi connectivity index (χ4n) is 3.41. The highest BCUT2D eigenvalue weighted by atomic mass is 127. The molecule has 1 aromatic heterocycles. The average Bonchev–Trinajstić information content (AvgIpc) is 3.37. The van der Waals surface area contributed by atoms with E-state index in [1.807, 2.05) is 4.57 Å². The number of aromatic nitrogens is 3. The van der Waals surface area contributed by atoms with Crippen LogP contribution in [0.4, 0.5) is 0 Å². The highest BCUT2D eigenvalue weighted by Crippen LogP contribution is 2.17. The van der Waals surface area contributed by atoms with Crippen LogP contribution in [0.3, 0.4) is 0 Å². The normalized spacial score (nSPS) is 15.1. The lowest BCUT2D eigenvalue weighted by Crippen LogP contribution is -2.43. The van der Waals surface area contributed by atoms with Gasteiger partial charge in [0.05, 0.1) is 11.4 Å². The van der Waals surface area contributed by atoms with Crippen LogP contribution in [-0.2, 0) is 29.5 Å². The number of rotatable bonds is 8. The van der Waals surface area contributed by atoms with Crippen molar-refractivity contribution in [3.8, 4) is 0 Å². The van der Waals surface area contributed by atoms with Crippen molar-refractivity contribution < 1.29 is 8.42 Å². The van der Waals surface area contributed by atoms with Crippen LogP contribution >= 0.6 is 24.0 Å². The molecular formula is C19H30IN7O2S. The Morgan fingerprint density at radius 3 is 2.60 bits per heavy atom. The third-order valence-corrected chi connectivity index (χ3v) is 5.95. The molecule has 1 aliphatic carbocycles. The van der Waals surface area contributed by atoms with Gasteiger partial charge < -0.3 is 15.2 Å². The molecule has 0 aliphatic heterocycles. The Morgan fingerprint density at radius 1 is 1.27 bits per heavy atom. The largest absolute Gasteiger partial charge is 0.355 e. The summed E-state index contributed by atoms with van der Waals surface area (Å²) in [5.41, 5.74) is 0.914. The molecule has 0 amide bonds. The summed E-state index contributed by atoms with van der Waals surface area (Å²) in [5.74, 6) is 1.72. The van der Waals surface area contributed by atoms with Crippen LogP contribution in [0.25, 0.3) is 0 Å². The van der Waals surface area contributed by atoms with Crippen molar-refractivity contribution in [1.29, 1.82) is 0 Å². The molecule has 166 valence electrons. The number of benzene rings is 1. The Kier molecular flexibility index (Phi) is 9.49. The molecule has 3 rings (SSSR count). The summed E-state index contributed by atoms with van der Waals surface area (Å²) in [6.07, 6.45) is 7.36. The number of nitrogens with one attached hydrogen (secondary N) is 2. The molecule has 0 atom stereocenters. The van der Waals surface area contributed by atoms with Crippen molar-refractivity contribution in [2.24, 2.45) is 10.1 Å². The van der Waals surface area contributed by atoms with E-state index in [1.165, 1.54) is 25.0 Å². The van der Waals surface area contributed by atoms with E-state index in [9.17, 15) is 8.42 Å². The Bertz CT molecular complexity index is 923. The summed E-state index contributed by atoms with van der Waals surface area (Å²) >= 11 is 0. The van der Waals surface area contributed by atoms with Gasteiger partial charge in [-0.05, 0) is 30.5 Å². The van der Waals surface area contributed by atoms with Crippen molar-refractivity contribution in [2.75, 3.05) is 6.54 Å². The molecule has 1 aromatic carbocycles. The first-order valence-corrected chi connectivity index (χ1v) is 11.5. The highest BCUT2D eigenvalue weighted by molar-refractivity contribution is 14.0. The number of primary sulfonamides is 1. The number of aryl methyl sites for hydroxylation is 1. The van der Waals surface area contributed by atoms with Gasteiger partial charge in [0.25, 0.3) is 0 Å². The highest BCUT2D eigenvalue weighted by Gasteiger charge is 2.16. The minimum absolute atomic E-state index is 0. The molecule has 1 fully saturated rings. The predicted molar refractivity (Wildman–Crippen MR) is 127 cm³/mol. The smallest absolute Gasteiger partial charge is 0.238 e. The number of guanidine groups is 1. The van der Waals surface area contributed by atoms with Gasteiger partial charge in [-0.1, -0.05) is 31.9 Å². The summed E-state index contributed by atoms with van der Waals surface area (Å²) in [5, 5.41) is 20.1. The summed E-state index contributed by atoms with van der Waals surface area (Å²) in [6, 6.07) is 6.93. The zero-order valence-corrected chi connectivity index (χ0v) is 20.3. The van der Waals surface area contributed by atoms with Crippen LogP contribution < -0.4 is 15.8 Å². The van der Waals surface area contributed by atoms with E-state index in [0.29, 0.717) is 19.1 Å². The third-order valence-electron chi connectivity index (χ3n) is 5.02. The molecule has 1 aliphatic rings. The Morgan fingerprint density at radius 2 is 1.97 bits per heavy atom. The van der Waals surface area contributed by atoms with Crippen molar-refractivity contribution in [2.45, 2.75) is 63.1 Å². The van der Waals surface area contributed by atoms with Crippen molar-refractivity contribution in [1.82, 2.24) is 25.4 Å². The summed E-state index contributed by atoms with van der Waals surface area (Å²) in [7, 11) is -3.68. The molecule has 9 nitrogen and oxygen atoms in total. The molecule has 1 heterocycles. The van der Waals surface area contributed by atoms with E-state index in [2.05, 4.69) is 32.7 Å². The quantitative estimate of drug-likeness (QED) is 0.263. The summed E-state index contributed by atoms with van der Waals surface area (Å²) in [4.78, 5) is 4.79. The SMILES string of the molecule is CCc1nncn1CCNC(=NCc1ccc(S(N)(=O)=O)cc1)NC1CCCC1.I. The lowest BCUT2D eigenvalue weighted by atomic mass is 10.2. The second kappa shape index (κ2) is 11.6. The van der Waals surface area contributed by atoms with Crippen LogP contribution in [0.15, 0.2) is 40.5 Å². The van der Waals surface area contributed by atoms with Gasteiger partial charge in [0, 0.05) is 25.6 Å². The van der Waals surface area contributed by atoms with E-state index in [4.69, 9.17) is 5.14 Å². The van der Waals surface area contributed by atoms with Gasteiger partial charge >= 0.3 is 0 Å². The second-order valence-electron chi connectivity index (χ2n) is 7.20. The molecular weight excluding hydrogens is 517 g/mol. The molecule has 30 heavy (non-hydrogen) atoms. The number of hydrogen-bond donors (Lipinski definition) is 3. The van der Waals surface area contributed by atoms with Gasteiger partial charge in [0.1, 0.15) is 12.2 Å². The Balaban J connectivity index is 0.00000320. The third kappa shape index (κ3) is 7.20. The molecule has 11 heteroatoms. The lowest BCUT2D eigenvalue weighted by molar-refractivity contribution is 0.592. The van der Waals surface area contributed by atoms with E-state index < -0.39 is 10.0 Å². The maximum absolute atomic E-state index is 11.4. The first kappa shape index (κ1) is 24.5. The zero-order valence-electron chi connectivity index (χ0n) is 17.1. The predicted octanol–water partition coefficient (Wildman–Crippen LogP) is 1.78. The van der Waals surface area contributed by atoms with Gasteiger partial charge in [0.2, 0.25) is 10.0 Å². The summed E-state index contributed by atoms with van der Waals surface area (Å²) < 4.78 is 24.8. The average molecular weight is 547 g/mol. The first-order valence-electron chi connectivity index (χ1n) is 9.99. The number of nitrogens with zero attached hydrogens (tertiary/aromatic N) is 4. The molecule has 2 aromatic rings. The lowest BCUT2D eigenvalue weighted by Gasteiger charge is -2.18. The number of halogens is 1. The molecule has 0 bridgehead atoms. The van der Waals surface area contributed by atoms with Gasteiger partial charge in [0.15, 0.2) is 5.96 Å². The van der Waals surface area contributed by atoms with Crippen LogP contribution in [-0.4, -0.2) is 41.7 Å². The Labute approximate surface area is 195 Å². The van der Waals surface area contributed by atoms with E-state index >= 15 is 0 Å². The molecule has 0 unspecified atom stereocenters. The van der Waals surface area contributed by atoms with Crippen molar-refractivity contribution >= 4 is 40.0 Å². The van der Waals surface area contributed by atoms with Crippen LogP contribution in [0, 0.1) is 0 Å². The second-order valence-corrected chi connectivity index (χ2v) is 8.76. The Hall–Kier alpha value is -1.73. The number of nitrogens with two attached hydrogens (primary N) is 1. The maximum Gasteiger partial charge on any atom is 0.238 e. The van der Waals surface area contributed by atoms with E-state index in [1.54, 1.807) is 18.5 Å². The van der Waals surface area contributed by atoms with Crippen molar-refractivity contribution in [3.05, 3.63) is 42.0 Å². The molecule has 1 saturated carbocycles. The van der Waals surface area contributed by atoms with Gasteiger partial charge in [-0.3, -0.25) is 0 Å². The van der Waals surface area contributed by atoms with Gasteiger partial charge in [-0.2, -0.15) is 0 Å². The number of aliphatic imine (C=N–C) groups is 1. The minimum Gasteiger partial charge on any atom is -0.355 e. The first-order chi connectivity index (χ1) is 14.0. The van der Waals surface area contributed by atoms with Crippen LogP contribution in [0.1, 0.15) is 44.0 Å². The molecule has 0 spiro atoms. The standard InChI is InChI=1S/C19H29N7O2S.HI/c1-2-18-25-23-14-26(18)12-11-21-19(24-16-5-3-4-6-16)22-13-15-7-9-17(10-8-15)29(20,27)28;/h7-10,14,16H,2-6,11-13H2,1H3,(H2,20,27,28)(H2,21,22,24);1H. The fourth-order valence-corrected chi connectivity index (χ4v) is 3.92. The van der Waals surface area contributed by atoms with E-state index in [0.717, 1.165) is 43.2 Å². The monoisotopic (exact) mass is 547 g/mol. The van der Waals surface area contributed by atoms with Crippen molar-refractivity contribution in [3.63, 3.8) is 0 Å². The summed E-state index contributed by atoms with van der Waals surface area (Å²) in [6.45, 7) is 3.96.